The Morgan fingerprint density at radius 3 is 2.17 bits per heavy atom. The average Bonchev–Trinajstić information content (AvgIpc) is 2.93. The Kier molecular flexibility index (Phi) is 11.0. The van der Waals surface area contributed by atoms with Crippen LogP contribution in [0.1, 0.15) is 38.3 Å². The minimum Gasteiger partial charge on any atom is -0.354 e. The normalized spacial score (nSPS) is 12.2. The first kappa shape index (κ1) is 31.5. The lowest BCUT2D eigenvalue weighted by Crippen LogP contribution is -2.52. The van der Waals surface area contributed by atoms with Crippen LogP contribution in [-0.2, 0) is 26.2 Å². The molecule has 0 heterocycles. The second kappa shape index (κ2) is 14.0. The Bertz CT molecular complexity index is 1430. The Labute approximate surface area is 247 Å². The fourth-order valence-electron chi connectivity index (χ4n) is 4.20. The SMILES string of the molecule is CC[C@H](C(=O)NCC(C)C)N(Cc1ccccc1C)C(=O)CN(c1ccc(Cl)c(Cl)c1)S(=O)(=O)c1ccccc1. The first-order valence-electron chi connectivity index (χ1n) is 13.1. The molecule has 0 aromatic heterocycles. The first-order chi connectivity index (χ1) is 18.9. The van der Waals surface area contributed by atoms with Crippen molar-refractivity contribution >= 4 is 50.7 Å². The van der Waals surface area contributed by atoms with Crippen molar-refractivity contribution in [2.75, 3.05) is 17.4 Å². The zero-order valence-corrected chi connectivity index (χ0v) is 25.4. The molecule has 1 atom stereocenters. The minimum atomic E-state index is -4.18. The van der Waals surface area contributed by atoms with Crippen LogP contribution in [0.3, 0.4) is 0 Å². The molecule has 0 radical (unpaired) electrons. The fraction of sp³-hybridized carbons (Fsp3) is 0.333. The van der Waals surface area contributed by atoms with Crippen LogP contribution in [0.5, 0.6) is 0 Å². The van der Waals surface area contributed by atoms with E-state index in [1.165, 1.54) is 35.2 Å². The van der Waals surface area contributed by atoms with Gasteiger partial charge in [-0.05, 0) is 60.7 Å². The summed E-state index contributed by atoms with van der Waals surface area (Å²) in [6.07, 6.45) is 0.347. The predicted octanol–water partition coefficient (Wildman–Crippen LogP) is 6.08. The first-order valence-corrected chi connectivity index (χ1v) is 15.3. The van der Waals surface area contributed by atoms with Gasteiger partial charge in [-0.3, -0.25) is 13.9 Å². The number of amides is 2. The van der Waals surface area contributed by atoms with Crippen LogP contribution in [0.4, 0.5) is 5.69 Å². The van der Waals surface area contributed by atoms with E-state index < -0.39 is 28.5 Å². The highest BCUT2D eigenvalue weighted by Gasteiger charge is 2.34. The van der Waals surface area contributed by atoms with Crippen LogP contribution in [-0.4, -0.2) is 44.3 Å². The van der Waals surface area contributed by atoms with Crippen molar-refractivity contribution in [3.05, 3.63) is 94.0 Å². The highest BCUT2D eigenvalue weighted by molar-refractivity contribution is 7.92. The van der Waals surface area contributed by atoms with Gasteiger partial charge in [0, 0.05) is 13.1 Å². The van der Waals surface area contributed by atoms with Crippen LogP contribution < -0.4 is 9.62 Å². The van der Waals surface area contributed by atoms with Gasteiger partial charge in [-0.25, -0.2) is 8.42 Å². The number of carbonyl (C=O) groups excluding carboxylic acids is 2. The van der Waals surface area contributed by atoms with Crippen LogP contribution >= 0.6 is 23.2 Å². The molecule has 40 heavy (non-hydrogen) atoms. The number of halogens is 2. The van der Waals surface area contributed by atoms with E-state index >= 15 is 0 Å². The summed E-state index contributed by atoms with van der Waals surface area (Å²) in [5.41, 5.74) is 1.99. The molecule has 3 aromatic rings. The highest BCUT2D eigenvalue weighted by Crippen LogP contribution is 2.31. The van der Waals surface area contributed by atoms with Gasteiger partial charge in [-0.1, -0.05) is 86.4 Å². The summed E-state index contributed by atoms with van der Waals surface area (Å²) in [4.78, 5) is 28.9. The third-order valence-corrected chi connectivity index (χ3v) is 9.00. The maximum atomic E-state index is 14.1. The molecular weight excluding hydrogens is 569 g/mol. The highest BCUT2D eigenvalue weighted by atomic mass is 35.5. The molecule has 0 saturated heterocycles. The molecule has 2 amide bonds. The van der Waals surface area contributed by atoms with Crippen molar-refractivity contribution in [3.8, 4) is 0 Å². The number of anilines is 1. The molecular formula is C30H35Cl2N3O4S. The number of nitrogens with zero attached hydrogens (tertiary/aromatic N) is 2. The van der Waals surface area contributed by atoms with Gasteiger partial charge < -0.3 is 10.2 Å². The van der Waals surface area contributed by atoms with Crippen LogP contribution in [0, 0.1) is 12.8 Å². The van der Waals surface area contributed by atoms with Crippen molar-refractivity contribution in [1.29, 1.82) is 0 Å². The fourth-order valence-corrected chi connectivity index (χ4v) is 5.92. The largest absolute Gasteiger partial charge is 0.354 e. The van der Waals surface area contributed by atoms with E-state index in [4.69, 9.17) is 23.2 Å². The molecule has 214 valence electrons. The molecule has 0 aliphatic heterocycles. The number of benzene rings is 3. The minimum absolute atomic E-state index is 0.0149. The van der Waals surface area contributed by atoms with Gasteiger partial charge in [0.15, 0.2) is 0 Å². The van der Waals surface area contributed by atoms with E-state index in [0.29, 0.717) is 13.0 Å². The lowest BCUT2D eigenvalue weighted by atomic mass is 10.1. The monoisotopic (exact) mass is 603 g/mol. The second-order valence-corrected chi connectivity index (χ2v) is 12.6. The summed E-state index contributed by atoms with van der Waals surface area (Å²) in [7, 11) is -4.18. The van der Waals surface area contributed by atoms with E-state index in [1.807, 2.05) is 52.0 Å². The number of hydrogen-bond acceptors (Lipinski definition) is 4. The molecule has 7 nitrogen and oxygen atoms in total. The summed E-state index contributed by atoms with van der Waals surface area (Å²) in [5.74, 6) is -0.589. The number of hydrogen-bond donors (Lipinski definition) is 1. The maximum Gasteiger partial charge on any atom is 0.264 e. The molecule has 0 bridgehead atoms. The summed E-state index contributed by atoms with van der Waals surface area (Å²) in [6, 6.07) is 19.0. The zero-order chi connectivity index (χ0) is 29.4. The third kappa shape index (κ3) is 7.77. The molecule has 10 heteroatoms. The molecule has 3 aromatic carbocycles. The number of aryl methyl sites for hydroxylation is 1. The van der Waals surface area contributed by atoms with Gasteiger partial charge in [0.2, 0.25) is 11.8 Å². The Morgan fingerprint density at radius 1 is 0.925 bits per heavy atom. The quantitative estimate of drug-likeness (QED) is 0.272. The smallest absolute Gasteiger partial charge is 0.264 e. The second-order valence-electron chi connectivity index (χ2n) is 9.93. The molecule has 0 spiro atoms. The van der Waals surface area contributed by atoms with E-state index in [-0.39, 0.29) is 39.0 Å². The molecule has 1 N–H and O–H groups in total. The molecule has 0 saturated carbocycles. The van der Waals surface area contributed by atoms with Gasteiger partial charge >= 0.3 is 0 Å². The molecule has 0 aliphatic rings. The van der Waals surface area contributed by atoms with Crippen molar-refractivity contribution < 1.29 is 18.0 Å². The number of nitrogens with one attached hydrogen (secondary N) is 1. The van der Waals surface area contributed by atoms with Gasteiger partial charge in [0.1, 0.15) is 12.6 Å². The van der Waals surface area contributed by atoms with Crippen molar-refractivity contribution in [2.45, 2.75) is 51.6 Å². The molecule has 0 fully saturated rings. The van der Waals surface area contributed by atoms with Gasteiger partial charge in [0.25, 0.3) is 10.0 Å². The topological polar surface area (TPSA) is 86.8 Å². The molecule has 3 rings (SSSR count). The Hall–Kier alpha value is -3.07. The van der Waals surface area contributed by atoms with E-state index in [1.54, 1.807) is 18.2 Å². The predicted molar refractivity (Wildman–Crippen MR) is 161 cm³/mol. The summed E-state index contributed by atoms with van der Waals surface area (Å²) >= 11 is 12.4. The van der Waals surface area contributed by atoms with Gasteiger partial charge in [-0.2, -0.15) is 0 Å². The zero-order valence-electron chi connectivity index (χ0n) is 23.1. The number of carbonyl (C=O) groups is 2. The van der Waals surface area contributed by atoms with Gasteiger partial charge in [-0.15, -0.1) is 0 Å². The summed E-state index contributed by atoms with van der Waals surface area (Å²) < 4.78 is 28.7. The number of rotatable bonds is 12. The van der Waals surface area contributed by atoms with Crippen molar-refractivity contribution in [2.24, 2.45) is 5.92 Å². The van der Waals surface area contributed by atoms with Crippen LogP contribution in [0.2, 0.25) is 10.0 Å². The van der Waals surface area contributed by atoms with E-state index in [0.717, 1.165) is 15.4 Å². The maximum absolute atomic E-state index is 14.1. The lowest BCUT2D eigenvalue weighted by molar-refractivity contribution is -0.140. The van der Waals surface area contributed by atoms with Gasteiger partial charge in [0.05, 0.1) is 20.6 Å². The number of sulfonamides is 1. The Morgan fingerprint density at radius 2 is 1.57 bits per heavy atom. The Balaban J connectivity index is 2.07. The molecule has 0 aliphatic carbocycles. The van der Waals surface area contributed by atoms with E-state index in [9.17, 15) is 18.0 Å². The average molecular weight is 605 g/mol. The standard InChI is InChI=1S/C30H35Cl2N3O4S/c1-5-28(30(37)33-18-21(2)3)34(19-23-12-10-9-11-22(23)4)29(36)20-35(24-15-16-26(31)27(32)17-24)40(38,39)25-13-7-6-8-14-25/h6-17,21,28H,5,18-20H2,1-4H3,(H,33,37)/t28-/m1/s1. The molecule has 0 unspecified atom stereocenters. The van der Waals surface area contributed by atoms with Crippen molar-refractivity contribution in [3.63, 3.8) is 0 Å². The lowest BCUT2D eigenvalue weighted by Gasteiger charge is -2.33. The third-order valence-electron chi connectivity index (χ3n) is 6.47. The van der Waals surface area contributed by atoms with Crippen LogP contribution in [0.15, 0.2) is 77.7 Å². The van der Waals surface area contributed by atoms with Crippen LogP contribution in [0.25, 0.3) is 0 Å². The van der Waals surface area contributed by atoms with Crippen molar-refractivity contribution in [1.82, 2.24) is 10.2 Å². The summed E-state index contributed by atoms with van der Waals surface area (Å²) in [6.45, 7) is 7.78. The van der Waals surface area contributed by atoms with E-state index in [2.05, 4.69) is 5.32 Å². The summed E-state index contributed by atoms with van der Waals surface area (Å²) in [5, 5.41) is 3.33.